The van der Waals surface area contributed by atoms with Crippen molar-refractivity contribution in [1.82, 2.24) is 0 Å². The number of hydrogen-bond donors (Lipinski definition) is 2. The van der Waals surface area contributed by atoms with Gasteiger partial charge in [-0.1, -0.05) is 23.7 Å². The highest BCUT2D eigenvalue weighted by molar-refractivity contribution is 6.34. The number of hydrogen-bond acceptors (Lipinski definition) is 4. The molecule has 2 aromatic rings. The lowest BCUT2D eigenvalue weighted by Crippen LogP contribution is -2.21. The van der Waals surface area contributed by atoms with Crippen molar-refractivity contribution in [2.45, 2.75) is 6.42 Å². The number of allylic oxidation sites excluding steroid dienone is 1. The summed E-state index contributed by atoms with van der Waals surface area (Å²) in [5, 5.41) is 2.84. The number of methoxy groups -OCH3 is 1. The Hall–Kier alpha value is -2.99. The van der Waals surface area contributed by atoms with Crippen LogP contribution < -0.4 is 20.5 Å². The highest BCUT2D eigenvalue weighted by atomic mass is 35.5. The minimum atomic E-state index is -0.674. The number of primary amides is 1. The molecule has 136 valence electrons. The average Bonchev–Trinajstić information content (AvgIpc) is 2.62. The zero-order chi connectivity index (χ0) is 19.1. The van der Waals surface area contributed by atoms with Crippen LogP contribution >= 0.6 is 11.6 Å². The van der Waals surface area contributed by atoms with E-state index >= 15 is 0 Å². The van der Waals surface area contributed by atoms with Crippen LogP contribution in [0.4, 0.5) is 5.69 Å². The standard InChI is InChI=1S/C19H19ClN2O4/c1-3-4-12-5-8-16(17(9-12)25-2)26-11-18(23)22-13-6-7-15(20)14(10-13)19(21)24/h3,5-10H,1,4,11H2,2H3,(H2,21,24)(H,22,23). The van der Waals surface area contributed by atoms with E-state index in [1.165, 1.54) is 19.2 Å². The molecule has 2 aromatic carbocycles. The monoisotopic (exact) mass is 374 g/mol. The fourth-order valence-electron chi connectivity index (χ4n) is 2.26. The maximum absolute atomic E-state index is 12.1. The lowest BCUT2D eigenvalue weighted by atomic mass is 10.1. The molecule has 7 heteroatoms. The normalized spacial score (nSPS) is 10.1. The molecule has 0 aliphatic heterocycles. The SMILES string of the molecule is C=CCc1ccc(OCC(=O)Nc2ccc(Cl)c(C(N)=O)c2)c(OC)c1. The molecule has 26 heavy (non-hydrogen) atoms. The van der Waals surface area contributed by atoms with Crippen LogP contribution in [0.2, 0.25) is 5.02 Å². The minimum Gasteiger partial charge on any atom is -0.493 e. The lowest BCUT2D eigenvalue weighted by Gasteiger charge is -2.12. The van der Waals surface area contributed by atoms with Gasteiger partial charge in [0, 0.05) is 5.69 Å². The van der Waals surface area contributed by atoms with Crippen LogP contribution in [0, 0.1) is 0 Å². The van der Waals surface area contributed by atoms with E-state index < -0.39 is 11.8 Å². The van der Waals surface area contributed by atoms with Gasteiger partial charge in [-0.25, -0.2) is 0 Å². The van der Waals surface area contributed by atoms with E-state index in [1.807, 2.05) is 12.1 Å². The number of anilines is 1. The molecular formula is C19H19ClN2O4. The zero-order valence-corrected chi connectivity index (χ0v) is 15.0. The molecule has 0 saturated heterocycles. The summed E-state index contributed by atoms with van der Waals surface area (Å²) in [5.41, 5.74) is 6.78. The number of carbonyl (C=O) groups excluding carboxylic acids is 2. The number of rotatable bonds is 8. The Kier molecular flexibility index (Phi) is 6.63. The molecule has 0 bridgehead atoms. The predicted octanol–water partition coefficient (Wildman–Crippen LogP) is 3.19. The first-order chi connectivity index (χ1) is 12.4. The molecule has 0 aliphatic carbocycles. The number of carbonyl (C=O) groups is 2. The molecule has 0 atom stereocenters. The molecule has 3 N–H and O–H groups in total. The van der Waals surface area contributed by atoms with Crippen molar-refractivity contribution in [3.63, 3.8) is 0 Å². The quantitative estimate of drug-likeness (QED) is 0.694. The van der Waals surface area contributed by atoms with Crippen LogP contribution in [0.5, 0.6) is 11.5 Å². The van der Waals surface area contributed by atoms with Crippen molar-refractivity contribution in [3.05, 3.63) is 65.2 Å². The molecule has 0 aliphatic rings. The fourth-order valence-corrected chi connectivity index (χ4v) is 2.47. The largest absolute Gasteiger partial charge is 0.493 e. The van der Waals surface area contributed by atoms with Crippen molar-refractivity contribution in [2.24, 2.45) is 5.73 Å². The third kappa shape index (κ3) is 5.00. The Morgan fingerprint density at radius 1 is 1.23 bits per heavy atom. The zero-order valence-electron chi connectivity index (χ0n) is 14.3. The van der Waals surface area contributed by atoms with Gasteiger partial charge in [0.15, 0.2) is 18.1 Å². The van der Waals surface area contributed by atoms with Crippen LogP contribution in [0.25, 0.3) is 0 Å². The summed E-state index contributed by atoms with van der Waals surface area (Å²) in [6, 6.07) is 9.89. The Morgan fingerprint density at radius 2 is 2.00 bits per heavy atom. The first-order valence-corrected chi connectivity index (χ1v) is 8.12. The van der Waals surface area contributed by atoms with Gasteiger partial charge < -0.3 is 20.5 Å². The Morgan fingerprint density at radius 3 is 2.65 bits per heavy atom. The van der Waals surface area contributed by atoms with Crippen molar-refractivity contribution in [1.29, 1.82) is 0 Å². The number of halogens is 1. The summed E-state index contributed by atoms with van der Waals surface area (Å²) in [4.78, 5) is 23.4. The molecule has 0 heterocycles. The number of benzene rings is 2. The molecule has 0 fully saturated rings. The minimum absolute atomic E-state index is 0.130. The summed E-state index contributed by atoms with van der Waals surface area (Å²) >= 11 is 5.88. The van der Waals surface area contributed by atoms with Gasteiger partial charge in [0.1, 0.15) is 0 Å². The molecule has 0 unspecified atom stereocenters. The molecule has 2 rings (SSSR count). The summed E-state index contributed by atoms with van der Waals surface area (Å²) in [6.07, 6.45) is 2.49. The summed E-state index contributed by atoms with van der Waals surface area (Å²) in [5.74, 6) is -0.101. The van der Waals surface area contributed by atoms with E-state index in [2.05, 4.69) is 11.9 Å². The molecule has 0 radical (unpaired) electrons. The highest BCUT2D eigenvalue weighted by Gasteiger charge is 2.11. The predicted molar refractivity (Wildman–Crippen MR) is 101 cm³/mol. The lowest BCUT2D eigenvalue weighted by molar-refractivity contribution is -0.118. The van der Waals surface area contributed by atoms with E-state index in [0.717, 1.165) is 5.56 Å². The molecule has 0 aromatic heterocycles. The topological polar surface area (TPSA) is 90.6 Å². The van der Waals surface area contributed by atoms with Crippen LogP contribution in [0.1, 0.15) is 15.9 Å². The van der Waals surface area contributed by atoms with Gasteiger partial charge >= 0.3 is 0 Å². The third-order valence-corrected chi connectivity index (χ3v) is 3.81. The second kappa shape index (κ2) is 8.92. The number of amides is 2. The van der Waals surface area contributed by atoms with Crippen LogP contribution in [-0.4, -0.2) is 25.5 Å². The van der Waals surface area contributed by atoms with Gasteiger partial charge in [-0.05, 0) is 42.3 Å². The first kappa shape index (κ1) is 19.3. The summed E-state index contributed by atoms with van der Waals surface area (Å²) in [7, 11) is 1.53. The van der Waals surface area contributed by atoms with Crippen molar-refractivity contribution >= 4 is 29.1 Å². The van der Waals surface area contributed by atoms with Gasteiger partial charge in [-0.2, -0.15) is 0 Å². The molecule has 2 amide bonds. The Labute approximate surface area is 156 Å². The van der Waals surface area contributed by atoms with Crippen LogP contribution in [-0.2, 0) is 11.2 Å². The Balaban J connectivity index is 2.02. The number of nitrogens with one attached hydrogen (secondary N) is 1. The number of ether oxygens (including phenoxy) is 2. The Bertz CT molecular complexity index is 836. The number of nitrogens with two attached hydrogens (primary N) is 1. The van der Waals surface area contributed by atoms with E-state index in [-0.39, 0.29) is 17.2 Å². The second-order valence-electron chi connectivity index (χ2n) is 5.37. The van der Waals surface area contributed by atoms with E-state index in [9.17, 15) is 9.59 Å². The summed E-state index contributed by atoms with van der Waals surface area (Å²) < 4.78 is 10.8. The first-order valence-electron chi connectivity index (χ1n) is 7.74. The average molecular weight is 375 g/mol. The second-order valence-corrected chi connectivity index (χ2v) is 5.78. The molecular weight excluding hydrogens is 356 g/mol. The molecule has 0 spiro atoms. The van der Waals surface area contributed by atoms with Crippen molar-refractivity contribution < 1.29 is 19.1 Å². The fraction of sp³-hybridized carbons (Fsp3) is 0.158. The summed E-state index contributed by atoms with van der Waals surface area (Å²) in [6.45, 7) is 3.46. The van der Waals surface area contributed by atoms with E-state index in [0.29, 0.717) is 23.6 Å². The van der Waals surface area contributed by atoms with Gasteiger partial charge in [-0.15, -0.1) is 6.58 Å². The maximum atomic E-state index is 12.1. The molecule has 0 saturated carbocycles. The van der Waals surface area contributed by atoms with Crippen LogP contribution in [0.15, 0.2) is 49.1 Å². The van der Waals surface area contributed by atoms with E-state index in [4.69, 9.17) is 26.8 Å². The third-order valence-electron chi connectivity index (χ3n) is 3.48. The molecule has 6 nitrogen and oxygen atoms in total. The van der Waals surface area contributed by atoms with Gasteiger partial charge in [0.2, 0.25) is 5.91 Å². The smallest absolute Gasteiger partial charge is 0.262 e. The van der Waals surface area contributed by atoms with Gasteiger partial charge in [0.05, 0.1) is 17.7 Å². The van der Waals surface area contributed by atoms with Gasteiger partial charge in [0.25, 0.3) is 5.91 Å². The van der Waals surface area contributed by atoms with Crippen LogP contribution in [0.3, 0.4) is 0 Å². The van der Waals surface area contributed by atoms with Crippen molar-refractivity contribution in [3.8, 4) is 11.5 Å². The maximum Gasteiger partial charge on any atom is 0.262 e. The van der Waals surface area contributed by atoms with Gasteiger partial charge in [-0.3, -0.25) is 9.59 Å². The highest BCUT2D eigenvalue weighted by Crippen LogP contribution is 2.28. The van der Waals surface area contributed by atoms with E-state index in [1.54, 1.807) is 18.2 Å². The van der Waals surface area contributed by atoms with Crippen molar-refractivity contribution in [2.75, 3.05) is 19.0 Å².